The summed E-state index contributed by atoms with van der Waals surface area (Å²) < 4.78 is 5.26. The molecule has 0 saturated carbocycles. The second-order valence-corrected chi connectivity index (χ2v) is 5.79. The Bertz CT molecular complexity index is 244. The van der Waals surface area contributed by atoms with Crippen molar-refractivity contribution in [3.8, 4) is 0 Å². The molecule has 0 bridgehead atoms. The van der Waals surface area contributed by atoms with E-state index in [-0.39, 0.29) is 6.04 Å². The fourth-order valence-electron chi connectivity index (χ4n) is 3.24. The number of nitrogens with one attached hydrogen (secondary N) is 1. The van der Waals surface area contributed by atoms with Crippen LogP contribution in [0, 0.1) is 5.92 Å². The van der Waals surface area contributed by atoms with Crippen LogP contribution in [0.3, 0.4) is 0 Å². The second kappa shape index (κ2) is 5.65. The fourth-order valence-corrected chi connectivity index (χ4v) is 3.24. The number of aliphatic hydroxyl groups is 1. The third-order valence-corrected chi connectivity index (χ3v) is 4.26. The van der Waals surface area contributed by atoms with Crippen LogP contribution in [0.4, 0.5) is 0 Å². The van der Waals surface area contributed by atoms with Crippen molar-refractivity contribution in [1.29, 1.82) is 0 Å². The summed E-state index contributed by atoms with van der Waals surface area (Å²) in [5.74, 6) is 0.631. The van der Waals surface area contributed by atoms with Gasteiger partial charge in [0, 0.05) is 20.2 Å². The van der Waals surface area contributed by atoms with E-state index in [4.69, 9.17) is 4.74 Å². The van der Waals surface area contributed by atoms with Crippen molar-refractivity contribution in [3.63, 3.8) is 0 Å². The smallest absolute Gasteiger partial charge is 0.0798 e. The highest BCUT2D eigenvalue weighted by molar-refractivity contribution is 4.96. The molecule has 2 rings (SSSR count). The molecule has 0 aromatic heterocycles. The molecule has 100 valence electrons. The number of rotatable bonds is 3. The third-order valence-electron chi connectivity index (χ3n) is 4.26. The van der Waals surface area contributed by atoms with E-state index in [9.17, 15) is 5.11 Å². The predicted octanol–water partition coefficient (Wildman–Crippen LogP) is 0.458. The van der Waals surface area contributed by atoms with Crippen LogP contribution in [0.1, 0.15) is 26.2 Å². The zero-order valence-corrected chi connectivity index (χ0v) is 11.1. The van der Waals surface area contributed by atoms with E-state index in [1.807, 2.05) is 6.92 Å². The van der Waals surface area contributed by atoms with Crippen molar-refractivity contribution < 1.29 is 9.84 Å². The van der Waals surface area contributed by atoms with Gasteiger partial charge in [-0.15, -0.1) is 0 Å². The molecular weight excluding hydrogens is 216 g/mol. The summed E-state index contributed by atoms with van der Waals surface area (Å²) in [6.07, 6.45) is 3.33. The Labute approximate surface area is 104 Å². The summed E-state index contributed by atoms with van der Waals surface area (Å²) in [4.78, 5) is 2.46. The van der Waals surface area contributed by atoms with Gasteiger partial charge in [0.1, 0.15) is 0 Å². The maximum atomic E-state index is 10.5. The van der Waals surface area contributed by atoms with E-state index in [2.05, 4.69) is 10.2 Å². The molecule has 3 atom stereocenters. The molecule has 3 unspecified atom stereocenters. The first-order valence-electron chi connectivity index (χ1n) is 6.79. The molecule has 2 N–H and O–H groups in total. The van der Waals surface area contributed by atoms with E-state index in [1.54, 1.807) is 7.11 Å². The average molecular weight is 242 g/mol. The summed E-state index contributed by atoms with van der Waals surface area (Å²) >= 11 is 0. The van der Waals surface area contributed by atoms with Gasteiger partial charge in [-0.25, -0.2) is 0 Å². The largest absolute Gasteiger partial charge is 0.388 e. The van der Waals surface area contributed by atoms with Gasteiger partial charge in [-0.3, -0.25) is 4.90 Å². The van der Waals surface area contributed by atoms with Crippen LogP contribution < -0.4 is 5.32 Å². The first-order chi connectivity index (χ1) is 8.13. The molecule has 0 aliphatic carbocycles. The SMILES string of the molecule is COCC1CCCN(C2CNCCC2(C)O)C1. The standard InChI is InChI=1S/C13H26N2O2/c1-13(16)5-6-14-8-12(13)15-7-3-4-11(9-15)10-17-2/h11-12,14,16H,3-10H2,1-2H3. The lowest BCUT2D eigenvalue weighted by molar-refractivity contribution is -0.0675. The van der Waals surface area contributed by atoms with Crippen LogP contribution in [0.5, 0.6) is 0 Å². The molecule has 2 heterocycles. The summed E-state index contributed by atoms with van der Waals surface area (Å²) in [5.41, 5.74) is -0.541. The summed E-state index contributed by atoms with van der Waals surface area (Å²) in [7, 11) is 1.78. The van der Waals surface area contributed by atoms with Gasteiger partial charge in [-0.2, -0.15) is 0 Å². The van der Waals surface area contributed by atoms with Crippen molar-refractivity contribution in [1.82, 2.24) is 10.2 Å². The Morgan fingerprint density at radius 3 is 3.06 bits per heavy atom. The average Bonchev–Trinajstić information content (AvgIpc) is 2.29. The van der Waals surface area contributed by atoms with E-state index >= 15 is 0 Å². The van der Waals surface area contributed by atoms with Crippen LogP contribution in [0.2, 0.25) is 0 Å². The van der Waals surface area contributed by atoms with Crippen molar-refractivity contribution in [2.75, 3.05) is 39.9 Å². The van der Waals surface area contributed by atoms with Gasteiger partial charge in [0.2, 0.25) is 0 Å². The van der Waals surface area contributed by atoms with Gasteiger partial charge in [-0.05, 0) is 45.2 Å². The lowest BCUT2D eigenvalue weighted by Gasteiger charge is -2.47. The Kier molecular flexibility index (Phi) is 4.42. The van der Waals surface area contributed by atoms with Crippen molar-refractivity contribution in [2.45, 2.75) is 37.8 Å². The Morgan fingerprint density at radius 2 is 2.35 bits per heavy atom. The first kappa shape index (κ1) is 13.3. The molecule has 17 heavy (non-hydrogen) atoms. The molecule has 0 amide bonds. The molecule has 2 saturated heterocycles. The van der Waals surface area contributed by atoms with E-state index in [0.29, 0.717) is 5.92 Å². The van der Waals surface area contributed by atoms with Crippen molar-refractivity contribution >= 4 is 0 Å². The third kappa shape index (κ3) is 3.19. The maximum absolute atomic E-state index is 10.5. The number of piperidine rings is 2. The summed E-state index contributed by atoms with van der Waals surface area (Å²) in [6, 6.07) is 0.260. The van der Waals surface area contributed by atoms with Crippen molar-refractivity contribution in [2.24, 2.45) is 5.92 Å². The van der Waals surface area contributed by atoms with Gasteiger partial charge in [0.25, 0.3) is 0 Å². The van der Waals surface area contributed by atoms with Gasteiger partial charge in [0.15, 0.2) is 0 Å². The number of hydrogen-bond acceptors (Lipinski definition) is 4. The predicted molar refractivity (Wildman–Crippen MR) is 68.1 cm³/mol. The Hall–Kier alpha value is -0.160. The highest BCUT2D eigenvalue weighted by atomic mass is 16.5. The van der Waals surface area contributed by atoms with Gasteiger partial charge < -0.3 is 15.2 Å². The van der Waals surface area contributed by atoms with Crippen molar-refractivity contribution in [3.05, 3.63) is 0 Å². The lowest BCUT2D eigenvalue weighted by atomic mass is 9.86. The molecule has 0 spiro atoms. The highest BCUT2D eigenvalue weighted by Crippen LogP contribution is 2.27. The zero-order chi connectivity index (χ0) is 12.3. The van der Waals surface area contributed by atoms with Gasteiger partial charge in [-0.1, -0.05) is 0 Å². The maximum Gasteiger partial charge on any atom is 0.0798 e. The molecule has 0 aromatic rings. The zero-order valence-electron chi connectivity index (χ0n) is 11.1. The Morgan fingerprint density at radius 1 is 1.53 bits per heavy atom. The number of ether oxygens (including phenoxy) is 1. The van der Waals surface area contributed by atoms with Crippen LogP contribution >= 0.6 is 0 Å². The molecule has 2 aliphatic rings. The molecule has 2 fully saturated rings. The topological polar surface area (TPSA) is 44.7 Å². The minimum Gasteiger partial charge on any atom is -0.388 e. The number of nitrogens with zero attached hydrogens (tertiary/aromatic N) is 1. The number of methoxy groups -OCH3 is 1. The van der Waals surface area contributed by atoms with Crippen LogP contribution in [-0.2, 0) is 4.74 Å². The minimum atomic E-state index is -0.541. The minimum absolute atomic E-state index is 0.260. The summed E-state index contributed by atoms with van der Waals surface area (Å²) in [5, 5.41) is 13.9. The van der Waals surface area contributed by atoms with Crippen LogP contribution in [0.15, 0.2) is 0 Å². The van der Waals surface area contributed by atoms with E-state index in [0.717, 1.165) is 39.2 Å². The highest BCUT2D eigenvalue weighted by Gasteiger charge is 2.39. The second-order valence-electron chi connectivity index (χ2n) is 5.79. The van der Waals surface area contributed by atoms with Gasteiger partial charge >= 0.3 is 0 Å². The monoisotopic (exact) mass is 242 g/mol. The summed E-state index contributed by atoms with van der Waals surface area (Å²) in [6.45, 7) is 6.85. The van der Waals surface area contributed by atoms with Crippen LogP contribution in [0.25, 0.3) is 0 Å². The first-order valence-corrected chi connectivity index (χ1v) is 6.79. The molecule has 0 aromatic carbocycles. The molecular formula is C13H26N2O2. The van der Waals surface area contributed by atoms with E-state index in [1.165, 1.54) is 12.8 Å². The normalized spacial score (nSPS) is 40.4. The van der Waals surface area contributed by atoms with E-state index < -0.39 is 5.60 Å². The molecule has 4 heteroatoms. The Balaban J connectivity index is 1.95. The quantitative estimate of drug-likeness (QED) is 0.754. The molecule has 4 nitrogen and oxygen atoms in total. The number of likely N-dealkylation sites (tertiary alicyclic amines) is 1. The molecule has 2 aliphatic heterocycles. The van der Waals surface area contributed by atoms with Gasteiger partial charge in [0.05, 0.1) is 18.2 Å². The number of hydrogen-bond donors (Lipinski definition) is 2. The molecule has 0 radical (unpaired) electrons. The fraction of sp³-hybridized carbons (Fsp3) is 1.00. The van der Waals surface area contributed by atoms with Crippen LogP contribution in [-0.4, -0.2) is 61.5 Å². The lowest BCUT2D eigenvalue weighted by Crippen LogP contribution is -2.62.